The summed E-state index contributed by atoms with van der Waals surface area (Å²) in [6.45, 7) is 2.00. The Morgan fingerprint density at radius 3 is 2.57 bits per heavy atom. The fraction of sp³-hybridized carbons (Fsp3) is 0.500. The zero-order valence-electron chi connectivity index (χ0n) is 15.2. The van der Waals surface area contributed by atoms with Crippen LogP contribution in [0, 0.1) is 0 Å². The molecule has 1 aromatic carbocycles. The van der Waals surface area contributed by atoms with Gasteiger partial charge in [-0.3, -0.25) is 14.5 Å². The molecule has 3 rings (SSSR count). The number of benzene rings is 1. The van der Waals surface area contributed by atoms with E-state index in [4.69, 9.17) is 14.0 Å². The Morgan fingerprint density at radius 2 is 1.93 bits per heavy atom. The van der Waals surface area contributed by atoms with Gasteiger partial charge in [-0.15, -0.1) is 0 Å². The first kappa shape index (κ1) is 20.1. The third-order valence-corrected chi connectivity index (χ3v) is 4.31. The largest absolute Gasteiger partial charge is 0.493 e. The predicted octanol–water partition coefficient (Wildman–Crippen LogP) is 2.95. The van der Waals surface area contributed by atoms with Crippen LogP contribution in [0.2, 0.25) is 0 Å². The van der Waals surface area contributed by atoms with Crippen LogP contribution in [0.1, 0.15) is 31.0 Å². The number of carbonyl (C=O) groups is 2. The zero-order valence-corrected chi connectivity index (χ0v) is 15.2. The Morgan fingerprint density at radius 1 is 1.21 bits per heavy atom. The number of rotatable bonds is 7. The highest BCUT2D eigenvalue weighted by molar-refractivity contribution is 5.98. The van der Waals surface area contributed by atoms with Gasteiger partial charge in [-0.05, 0) is 25.0 Å². The van der Waals surface area contributed by atoms with Crippen LogP contribution < -0.4 is 4.74 Å². The molecule has 152 valence electrons. The lowest BCUT2D eigenvalue weighted by molar-refractivity contribution is -0.158. The molecule has 1 aliphatic heterocycles. The predicted molar refractivity (Wildman–Crippen MR) is 90.7 cm³/mol. The first-order valence-corrected chi connectivity index (χ1v) is 8.85. The molecule has 0 N–H and O–H groups in total. The fourth-order valence-corrected chi connectivity index (χ4v) is 3.04. The number of halogens is 3. The first-order chi connectivity index (χ1) is 13.3. The molecular formula is C18H19F3N2O5. The van der Waals surface area contributed by atoms with E-state index in [1.165, 1.54) is 12.1 Å². The van der Waals surface area contributed by atoms with Gasteiger partial charge in [-0.25, -0.2) is 0 Å². The van der Waals surface area contributed by atoms with Crippen molar-refractivity contribution in [2.75, 3.05) is 26.4 Å². The van der Waals surface area contributed by atoms with Crippen LogP contribution >= 0.6 is 0 Å². The van der Waals surface area contributed by atoms with Gasteiger partial charge < -0.3 is 14.0 Å². The number of fused-ring (bicyclic) bond motifs is 1. The number of aryl methyl sites for hydroxylation is 1. The van der Waals surface area contributed by atoms with Gasteiger partial charge >= 0.3 is 6.18 Å². The summed E-state index contributed by atoms with van der Waals surface area (Å²) in [4.78, 5) is 24.5. The molecule has 0 unspecified atom stereocenters. The van der Waals surface area contributed by atoms with Gasteiger partial charge in [0.05, 0.1) is 12.0 Å². The first-order valence-electron chi connectivity index (χ1n) is 8.85. The maximum atomic E-state index is 13.0. The van der Waals surface area contributed by atoms with Gasteiger partial charge in [0.15, 0.2) is 11.3 Å². The molecule has 0 atom stereocenters. The van der Waals surface area contributed by atoms with E-state index in [1.54, 1.807) is 0 Å². The van der Waals surface area contributed by atoms with Gasteiger partial charge in [0.25, 0.3) is 11.8 Å². The molecule has 2 amide bonds. The van der Waals surface area contributed by atoms with Gasteiger partial charge in [0.2, 0.25) is 0 Å². The average molecular weight is 400 g/mol. The van der Waals surface area contributed by atoms with E-state index in [1.807, 2.05) is 6.92 Å². The number of amides is 2. The van der Waals surface area contributed by atoms with Crippen LogP contribution in [0.25, 0.3) is 11.0 Å². The second kappa shape index (κ2) is 8.17. The number of carbonyl (C=O) groups excluding carboxylic acids is 2. The quantitative estimate of drug-likeness (QED) is 0.525. The van der Waals surface area contributed by atoms with Crippen molar-refractivity contribution in [3.8, 4) is 5.75 Å². The van der Waals surface area contributed by atoms with Crippen molar-refractivity contribution in [2.45, 2.75) is 32.4 Å². The molecule has 0 spiro atoms. The number of imide groups is 1. The highest BCUT2D eigenvalue weighted by atomic mass is 19.4. The molecule has 1 aliphatic rings. The molecular weight excluding hydrogens is 381 g/mol. The number of aromatic nitrogens is 1. The van der Waals surface area contributed by atoms with Crippen molar-refractivity contribution < 1.29 is 36.8 Å². The van der Waals surface area contributed by atoms with E-state index in [0.717, 1.165) is 4.90 Å². The summed E-state index contributed by atoms with van der Waals surface area (Å²) in [5, 5.41) is 3.07. The molecule has 28 heavy (non-hydrogen) atoms. The third kappa shape index (κ3) is 4.11. The molecule has 1 saturated heterocycles. The minimum Gasteiger partial charge on any atom is -0.493 e. The minimum atomic E-state index is -4.60. The maximum absolute atomic E-state index is 13.0. The Labute approximate surface area is 158 Å². The van der Waals surface area contributed by atoms with Crippen LogP contribution in [0.5, 0.6) is 5.75 Å². The lowest BCUT2D eigenvalue weighted by atomic mass is 10.0. The zero-order chi connectivity index (χ0) is 20.3. The second-order valence-electron chi connectivity index (χ2n) is 6.33. The molecule has 1 fully saturated rings. The Balaban J connectivity index is 1.71. The highest BCUT2D eigenvalue weighted by Gasteiger charge is 2.37. The van der Waals surface area contributed by atoms with E-state index in [-0.39, 0.29) is 37.3 Å². The van der Waals surface area contributed by atoms with E-state index in [0.29, 0.717) is 30.6 Å². The van der Waals surface area contributed by atoms with Gasteiger partial charge in [0.1, 0.15) is 19.0 Å². The molecule has 2 aromatic rings. The van der Waals surface area contributed by atoms with Crippen LogP contribution in [0.3, 0.4) is 0 Å². The Kier molecular flexibility index (Phi) is 5.87. The van der Waals surface area contributed by atoms with E-state index in [2.05, 4.69) is 5.16 Å². The number of ether oxygens (including phenoxy) is 2. The molecule has 0 radical (unpaired) electrons. The molecule has 2 heterocycles. The Hall–Kier alpha value is -2.62. The van der Waals surface area contributed by atoms with Crippen molar-refractivity contribution in [2.24, 2.45) is 0 Å². The van der Waals surface area contributed by atoms with Crippen molar-refractivity contribution >= 4 is 22.8 Å². The average Bonchev–Trinajstić information content (AvgIpc) is 3.07. The molecule has 0 saturated carbocycles. The van der Waals surface area contributed by atoms with Gasteiger partial charge in [0, 0.05) is 12.1 Å². The number of alkyl halides is 3. The van der Waals surface area contributed by atoms with E-state index in [9.17, 15) is 22.8 Å². The van der Waals surface area contributed by atoms with Crippen LogP contribution in [-0.2, 0) is 26.9 Å². The summed E-state index contributed by atoms with van der Waals surface area (Å²) in [6.07, 6.45) is -3.09. The monoisotopic (exact) mass is 400 g/mol. The van der Waals surface area contributed by atoms with Crippen LogP contribution in [0.4, 0.5) is 13.2 Å². The maximum Gasteiger partial charge on any atom is 0.437 e. The van der Waals surface area contributed by atoms with Crippen LogP contribution in [-0.4, -0.2) is 48.2 Å². The highest BCUT2D eigenvalue weighted by Crippen LogP contribution is 2.38. The minimum absolute atomic E-state index is 0.0604. The summed E-state index contributed by atoms with van der Waals surface area (Å²) < 4.78 is 54.6. The Bertz CT molecular complexity index is 862. The summed E-state index contributed by atoms with van der Waals surface area (Å²) in [5.41, 5.74) is -0.484. The number of nitrogens with zero attached hydrogens (tertiary/aromatic N) is 2. The fourth-order valence-electron chi connectivity index (χ4n) is 3.04. The molecule has 10 heteroatoms. The molecule has 7 nitrogen and oxygen atoms in total. The number of morpholine rings is 1. The lowest BCUT2D eigenvalue weighted by Crippen LogP contribution is -2.46. The van der Waals surface area contributed by atoms with Gasteiger partial charge in [-0.2, -0.15) is 13.2 Å². The topological polar surface area (TPSA) is 81.9 Å². The summed E-state index contributed by atoms with van der Waals surface area (Å²) in [6, 6.07) is 2.74. The van der Waals surface area contributed by atoms with Crippen molar-refractivity contribution in [3.05, 3.63) is 23.4 Å². The van der Waals surface area contributed by atoms with E-state index >= 15 is 0 Å². The number of hydrogen-bond acceptors (Lipinski definition) is 6. The third-order valence-electron chi connectivity index (χ3n) is 4.31. The van der Waals surface area contributed by atoms with Crippen LogP contribution in [0.15, 0.2) is 16.7 Å². The SMILES string of the molecule is CCCc1c(OCCCN2C(=O)COCC2=O)ccc2c(C(F)(F)F)noc12. The molecule has 0 aliphatic carbocycles. The molecule has 0 bridgehead atoms. The number of hydrogen-bond donors (Lipinski definition) is 0. The second-order valence-corrected chi connectivity index (χ2v) is 6.33. The van der Waals surface area contributed by atoms with E-state index < -0.39 is 23.7 Å². The summed E-state index contributed by atoms with van der Waals surface area (Å²) in [7, 11) is 0. The summed E-state index contributed by atoms with van der Waals surface area (Å²) >= 11 is 0. The standard InChI is InChI=1S/C18H19F3N2O5/c1-2-4-11-13(6-5-12-16(11)28-22-17(12)18(19,20)21)27-8-3-7-23-14(24)9-26-10-15(23)25/h5-6H,2-4,7-10H2,1H3. The van der Waals surface area contributed by atoms with Crippen molar-refractivity contribution in [1.82, 2.24) is 10.1 Å². The summed E-state index contributed by atoms with van der Waals surface area (Å²) in [5.74, 6) is -0.393. The van der Waals surface area contributed by atoms with Gasteiger partial charge in [-0.1, -0.05) is 18.5 Å². The molecule has 1 aromatic heterocycles. The van der Waals surface area contributed by atoms with Crippen molar-refractivity contribution in [3.63, 3.8) is 0 Å². The smallest absolute Gasteiger partial charge is 0.437 e. The van der Waals surface area contributed by atoms with Crippen molar-refractivity contribution in [1.29, 1.82) is 0 Å². The lowest BCUT2D eigenvalue weighted by Gasteiger charge is -2.24. The normalized spacial score (nSPS) is 15.5.